The van der Waals surface area contributed by atoms with Crippen molar-refractivity contribution in [2.75, 3.05) is 6.54 Å². The number of hydrogen-bond acceptors (Lipinski definition) is 2. The minimum absolute atomic E-state index is 0.00400. The maximum atomic E-state index is 8.58. The summed E-state index contributed by atoms with van der Waals surface area (Å²) >= 11 is 0. The molecule has 0 aromatic heterocycles. The van der Waals surface area contributed by atoms with E-state index in [0.717, 1.165) is 12.5 Å². The summed E-state index contributed by atoms with van der Waals surface area (Å²) in [5.74, 6) is 0.746. The molecular weight excluding hydrogens is 160 g/mol. The molecule has 0 aromatic rings. The molecule has 2 atom stereocenters. The lowest BCUT2D eigenvalue weighted by Crippen LogP contribution is -2.29. The Bertz CT molecular complexity index is 149. The van der Waals surface area contributed by atoms with Gasteiger partial charge in [-0.15, -0.1) is 0 Å². The molecule has 1 N–H and O–H groups in total. The molecule has 0 aliphatic carbocycles. The van der Waals surface area contributed by atoms with E-state index in [1.165, 1.54) is 25.7 Å². The second-order valence-corrected chi connectivity index (χ2v) is 3.68. The highest BCUT2D eigenvalue weighted by Crippen LogP contribution is 2.11. The third-order valence-electron chi connectivity index (χ3n) is 2.45. The molecule has 0 aromatic carbocycles. The van der Waals surface area contributed by atoms with Gasteiger partial charge < -0.3 is 5.32 Å². The van der Waals surface area contributed by atoms with Crippen LogP contribution in [0.4, 0.5) is 0 Å². The summed E-state index contributed by atoms with van der Waals surface area (Å²) in [6.07, 6.45) is 5.08. The molecule has 0 aliphatic heterocycles. The van der Waals surface area contributed by atoms with Crippen LogP contribution in [0.25, 0.3) is 0 Å². The van der Waals surface area contributed by atoms with Crippen molar-refractivity contribution in [2.45, 2.75) is 52.5 Å². The second kappa shape index (κ2) is 8.07. The predicted molar refractivity (Wildman–Crippen MR) is 56.4 cm³/mol. The van der Waals surface area contributed by atoms with Gasteiger partial charge in [0, 0.05) is 0 Å². The molecule has 0 heterocycles. The SMILES string of the molecule is CCCCC(CC)CNC(C)C#N. The van der Waals surface area contributed by atoms with Crippen LogP contribution in [0.2, 0.25) is 0 Å². The molecule has 0 amide bonds. The third-order valence-corrected chi connectivity index (χ3v) is 2.45. The Morgan fingerprint density at radius 2 is 2.08 bits per heavy atom. The summed E-state index contributed by atoms with van der Waals surface area (Å²) in [4.78, 5) is 0. The van der Waals surface area contributed by atoms with Crippen LogP contribution in [0.3, 0.4) is 0 Å². The summed E-state index contributed by atoms with van der Waals surface area (Å²) < 4.78 is 0. The van der Waals surface area contributed by atoms with Crippen LogP contribution in [-0.2, 0) is 0 Å². The predicted octanol–water partition coefficient (Wildman–Crippen LogP) is 2.70. The smallest absolute Gasteiger partial charge is 0.0924 e. The highest BCUT2D eigenvalue weighted by Gasteiger charge is 2.06. The third kappa shape index (κ3) is 6.60. The number of nitrogens with zero attached hydrogens (tertiary/aromatic N) is 1. The summed E-state index contributed by atoms with van der Waals surface area (Å²) in [6, 6.07) is 2.19. The van der Waals surface area contributed by atoms with E-state index in [1.54, 1.807) is 0 Å². The van der Waals surface area contributed by atoms with E-state index in [4.69, 9.17) is 5.26 Å². The molecule has 2 nitrogen and oxygen atoms in total. The number of hydrogen-bond donors (Lipinski definition) is 1. The Morgan fingerprint density at radius 3 is 2.54 bits per heavy atom. The van der Waals surface area contributed by atoms with Gasteiger partial charge in [0.25, 0.3) is 0 Å². The maximum Gasteiger partial charge on any atom is 0.0924 e. The minimum atomic E-state index is -0.00400. The fourth-order valence-corrected chi connectivity index (χ4v) is 1.33. The zero-order valence-electron chi connectivity index (χ0n) is 9.14. The lowest BCUT2D eigenvalue weighted by atomic mass is 9.99. The van der Waals surface area contributed by atoms with Crippen molar-refractivity contribution >= 4 is 0 Å². The first-order valence-corrected chi connectivity index (χ1v) is 5.37. The molecule has 2 unspecified atom stereocenters. The van der Waals surface area contributed by atoms with Crippen molar-refractivity contribution in [1.82, 2.24) is 5.32 Å². The van der Waals surface area contributed by atoms with Gasteiger partial charge in [0.15, 0.2) is 0 Å². The summed E-state index contributed by atoms with van der Waals surface area (Å²) in [5, 5.41) is 11.8. The normalized spacial score (nSPS) is 14.9. The van der Waals surface area contributed by atoms with E-state index in [9.17, 15) is 0 Å². The van der Waals surface area contributed by atoms with Crippen molar-refractivity contribution in [3.8, 4) is 6.07 Å². The monoisotopic (exact) mass is 182 g/mol. The van der Waals surface area contributed by atoms with Crippen molar-refractivity contribution < 1.29 is 0 Å². The molecule has 0 radical (unpaired) electrons. The van der Waals surface area contributed by atoms with Gasteiger partial charge in [-0.25, -0.2) is 0 Å². The molecule has 0 saturated heterocycles. The zero-order chi connectivity index (χ0) is 10.1. The molecule has 0 aliphatic rings. The van der Waals surface area contributed by atoms with Crippen molar-refractivity contribution in [3.05, 3.63) is 0 Å². The molecule has 0 spiro atoms. The Morgan fingerprint density at radius 1 is 1.38 bits per heavy atom. The minimum Gasteiger partial charge on any atom is -0.302 e. The highest BCUT2D eigenvalue weighted by molar-refractivity contribution is 4.85. The Balaban J connectivity index is 3.54. The summed E-state index contributed by atoms with van der Waals surface area (Å²) in [7, 11) is 0. The first kappa shape index (κ1) is 12.4. The summed E-state index contributed by atoms with van der Waals surface area (Å²) in [5.41, 5.74) is 0. The van der Waals surface area contributed by atoms with E-state index in [0.29, 0.717) is 0 Å². The summed E-state index contributed by atoms with van der Waals surface area (Å²) in [6.45, 7) is 7.34. The van der Waals surface area contributed by atoms with Gasteiger partial charge in [-0.3, -0.25) is 0 Å². The lowest BCUT2D eigenvalue weighted by molar-refractivity contribution is 0.412. The van der Waals surface area contributed by atoms with Crippen LogP contribution >= 0.6 is 0 Å². The van der Waals surface area contributed by atoms with Crippen molar-refractivity contribution in [3.63, 3.8) is 0 Å². The second-order valence-electron chi connectivity index (χ2n) is 3.68. The molecular formula is C11H22N2. The first-order chi connectivity index (χ1) is 6.24. The van der Waals surface area contributed by atoms with E-state index in [-0.39, 0.29) is 6.04 Å². The highest BCUT2D eigenvalue weighted by atomic mass is 14.9. The first-order valence-electron chi connectivity index (χ1n) is 5.37. The van der Waals surface area contributed by atoms with Gasteiger partial charge >= 0.3 is 0 Å². The maximum absolute atomic E-state index is 8.58. The number of nitrogens with one attached hydrogen (secondary N) is 1. The number of nitriles is 1. The van der Waals surface area contributed by atoms with Crippen LogP contribution in [0.5, 0.6) is 0 Å². The van der Waals surface area contributed by atoms with Gasteiger partial charge in [-0.05, 0) is 25.8 Å². The van der Waals surface area contributed by atoms with Crippen LogP contribution in [-0.4, -0.2) is 12.6 Å². The van der Waals surface area contributed by atoms with Crippen LogP contribution in [0.1, 0.15) is 46.5 Å². The topological polar surface area (TPSA) is 35.8 Å². The number of unbranched alkanes of at least 4 members (excludes halogenated alkanes) is 1. The standard InChI is InChI=1S/C11H22N2/c1-4-6-7-11(5-2)9-13-10(3)8-12/h10-11,13H,4-7,9H2,1-3H3. The van der Waals surface area contributed by atoms with E-state index in [1.807, 2.05) is 6.92 Å². The Kier molecular flexibility index (Phi) is 7.73. The van der Waals surface area contributed by atoms with Gasteiger partial charge in [0.2, 0.25) is 0 Å². The quantitative estimate of drug-likeness (QED) is 0.657. The molecule has 0 bridgehead atoms. The van der Waals surface area contributed by atoms with Crippen LogP contribution in [0, 0.1) is 17.2 Å². The molecule has 0 fully saturated rings. The largest absolute Gasteiger partial charge is 0.302 e. The van der Waals surface area contributed by atoms with Crippen molar-refractivity contribution in [2.24, 2.45) is 5.92 Å². The zero-order valence-corrected chi connectivity index (χ0v) is 9.14. The Hall–Kier alpha value is -0.550. The number of rotatable bonds is 7. The van der Waals surface area contributed by atoms with Gasteiger partial charge in [-0.2, -0.15) is 5.26 Å². The fourth-order valence-electron chi connectivity index (χ4n) is 1.33. The molecule has 13 heavy (non-hydrogen) atoms. The molecule has 76 valence electrons. The van der Waals surface area contributed by atoms with E-state index in [2.05, 4.69) is 25.2 Å². The fraction of sp³-hybridized carbons (Fsp3) is 0.909. The van der Waals surface area contributed by atoms with Gasteiger partial charge in [-0.1, -0.05) is 33.1 Å². The molecule has 2 heteroatoms. The van der Waals surface area contributed by atoms with E-state index < -0.39 is 0 Å². The average molecular weight is 182 g/mol. The van der Waals surface area contributed by atoms with Gasteiger partial charge in [0.1, 0.15) is 0 Å². The lowest BCUT2D eigenvalue weighted by Gasteiger charge is -2.15. The average Bonchev–Trinajstić information content (AvgIpc) is 2.17. The van der Waals surface area contributed by atoms with Crippen LogP contribution in [0.15, 0.2) is 0 Å². The Labute approximate surface area is 82.3 Å². The van der Waals surface area contributed by atoms with Crippen molar-refractivity contribution in [1.29, 1.82) is 5.26 Å². The van der Waals surface area contributed by atoms with E-state index >= 15 is 0 Å². The van der Waals surface area contributed by atoms with Crippen LogP contribution < -0.4 is 5.32 Å². The molecule has 0 saturated carbocycles. The van der Waals surface area contributed by atoms with Gasteiger partial charge in [0.05, 0.1) is 12.1 Å². The molecule has 0 rings (SSSR count).